The standard InChI is InChI=1S/C32H37N7O3/c1-6-32(40)36-25-18-26(29(41-5)19-28(25)38(4)16-15-37(2)3)35-30-20-31(34-21-33-30)39-27(14-17-42-39)24-13-9-11-22-10-7-8-12-23(22)24/h6-13,18-21,27H,1,14-17H2,2-5H3,(H,36,40)(H,33,34,35)/t27-/m1/s1. The van der Waals surface area contributed by atoms with E-state index in [1.165, 1.54) is 28.7 Å². The largest absolute Gasteiger partial charge is 0.494 e. The molecule has 0 radical (unpaired) electrons. The average molecular weight is 568 g/mol. The lowest BCUT2D eigenvalue weighted by molar-refractivity contribution is -0.111. The first-order chi connectivity index (χ1) is 20.4. The topological polar surface area (TPSA) is 95.1 Å². The van der Waals surface area contributed by atoms with E-state index in [1.807, 2.05) is 50.5 Å². The number of hydrogen-bond acceptors (Lipinski definition) is 9. The molecule has 1 fully saturated rings. The number of nitrogens with zero attached hydrogens (tertiary/aromatic N) is 5. The van der Waals surface area contributed by atoms with Crippen LogP contribution in [0.3, 0.4) is 0 Å². The molecule has 1 atom stereocenters. The molecule has 1 aromatic heterocycles. The molecule has 0 unspecified atom stereocenters. The number of ether oxygens (including phenoxy) is 1. The maximum absolute atomic E-state index is 12.3. The number of aromatic nitrogens is 2. The van der Waals surface area contributed by atoms with Crippen molar-refractivity contribution in [3.8, 4) is 5.75 Å². The van der Waals surface area contributed by atoms with Crippen molar-refractivity contribution >= 4 is 45.4 Å². The van der Waals surface area contributed by atoms with Gasteiger partial charge in [-0.05, 0) is 42.6 Å². The zero-order chi connectivity index (χ0) is 29.6. The lowest BCUT2D eigenvalue weighted by Crippen LogP contribution is -2.29. The highest BCUT2D eigenvalue weighted by Gasteiger charge is 2.30. The van der Waals surface area contributed by atoms with Gasteiger partial charge in [0.05, 0.1) is 36.8 Å². The van der Waals surface area contributed by atoms with E-state index in [2.05, 4.69) is 73.4 Å². The lowest BCUT2D eigenvalue weighted by Gasteiger charge is -2.26. The Hall–Kier alpha value is -4.67. The van der Waals surface area contributed by atoms with Gasteiger partial charge in [0, 0.05) is 38.7 Å². The molecule has 2 heterocycles. The summed E-state index contributed by atoms with van der Waals surface area (Å²) in [6.07, 6.45) is 3.60. The number of hydrogen-bond donors (Lipinski definition) is 2. The number of rotatable bonds is 11. The number of carbonyl (C=O) groups is 1. The number of benzene rings is 3. The van der Waals surface area contributed by atoms with Crippen molar-refractivity contribution in [2.45, 2.75) is 12.5 Å². The molecule has 0 aliphatic carbocycles. The van der Waals surface area contributed by atoms with Crippen molar-refractivity contribution < 1.29 is 14.4 Å². The maximum atomic E-state index is 12.3. The van der Waals surface area contributed by atoms with Gasteiger partial charge in [-0.2, -0.15) is 0 Å². The predicted octanol–water partition coefficient (Wildman–Crippen LogP) is 5.39. The van der Waals surface area contributed by atoms with Gasteiger partial charge in [0.1, 0.15) is 17.9 Å². The minimum Gasteiger partial charge on any atom is -0.494 e. The molecule has 0 bridgehead atoms. The molecule has 42 heavy (non-hydrogen) atoms. The molecule has 0 saturated carbocycles. The molecule has 10 nitrogen and oxygen atoms in total. The Labute approximate surface area is 246 Å². The maximum Gasteiger partial charge on any atom is 0.247 e. The van der Waals surface area contributed by atoms with Gasteiger partial charge in [0.25, 0.3) is 0 Å². The van der Waals surface area contributed by atoms with Gasteiger partial charge in [-0.15, -0.1) is 0 Å². The number of carbonyl (C=O) groups excluding carboxylic acids is 1. The van der Waals surface area contributed by atoms with Gasteiger partial charge in [0.2, 0.25) is 5.91 Å². The Balaban J connectivity index is 1.45. The summed E-state index contributed by atoms with van der Waals surface area (Å²) in [6.45, 7) is 5.78. The fourth-order valence-electron chi connectivity index (χ4n) is 5.10. The summed E-state index contributed by atoms with van der Waals surface area (Å²) in [4.78, 5) is 31.6. The zero-order valence-electron chi connectivity index (χ0n) is 24.5. The second kappa shape index (κ2) is 12.9. The van der Waals surface area contributed by atoms with E-state index in [9.17, 15) is 4.79 Å². The molecule has 1 aliphatic rings. The predicted molar refractivity (Wildman–Crippen MR) is 169 cm³/mol. The lowest BCUT2D eigenvalue weighted by atomic mass is 9.97. The molecular weight excluding hydrogens is 530 g/mol. The Morgan fingerprint density at radius 1 is 1.10 bits per heavy atom. The van der Waals surface area contributed by atoms with E-state index in [1.54, 1.807) is 7.11 Å². The highest BCUT2D eigenvalue weighted by Crippen LogP contribution is 2.40. The first-order valence-electron chi connectivity index (χ1n) is 13.9. The highest BCUT2D eigenvalue weighted by molar-refractivity contribution is 6.02. The van der Waals surface area contributed by atoms with Crippen LogP contribution in [0.25, 0.3) is 10.8 Å². The first kappa shape index (κ1) is 28.8. The number of anilines is 5. The third-order valence-electron chi connectivity index (χ3n) is 7.28. The first-order valence-corrected chi connectivity index (χ1v) is 13.9. The molecule has 0 spiro atoms. The van der Waals surface area contributed by atoms with Crippen molar-refractivity contribution in [2.75, 3.05) is 68.5 Å². The quantitative estimate of drug-likeness (QED) is 0.231. The molecule has 4 aromatic rings. The molecule has 5 rings (SSSR count). The van der Waals surface area contributed by atoms with Crippen LogP contribution in [0, 0.1) is 0 Å². The van der Waals surface area contributed by atoms with Crippen molar-refractivity contribution in [3.05, 3.63) is 85.2 Å². The number of amides is 1. The summed E-state index contributed by atoms with van der Waals surface area (Å²) >= 11 is 0. The van der Waals surface area contributed by atoms with E-state index < -0.39 is 0 Å². The van der Waals surface area contributed by atoms with Crippen LogP contribution in [-0.4, -0.2) is 68.7 Å². The molecule has 2 N–H and O–H groups in total. The van der Waals surface area contributed by atoms with Gasteiger partial charge in [-0.1, -0.05) is 49.0 Å². The minimum absolute atomic E-state index is 0.00564. The van der Waals surface area contributed by atoms with Crippen LogP contribution in [0.4, 0.5) is 28.7 Å². The van der Waals surface area contributed by atoms with Crippen LogP contribution in [0.2, 0.25) is 0 Å². The van der Waals surface area contributed by atoms with Crippen LogP contribution >= 0.6 is 0 Å². The molecule has 10 heteroatoms. The van der Waals surface area contributed by atoms with E-state index in [-0.39, 0.29) is 11.9 Å². The smallest absolute Gasteiger partial charge is 0.247 e. The molecular formula is C32H37N7O3. The second-order valence-electron chi connectivity index (χ2n) is 10.4. The van der Waals surface area contributed by atoms with Gasteiger partial charge in [-0.3, -0.25) is 9.63 Å². The van der Waals surface area contributed by atoms with Crippen molar-refractivity contribution in [2.24, 2.45) is 0 Å². The van der Waals surface area contributed by atoms with E-state index in [0.29, 0.717) is 35.4 Å². The summed E-state index contributed by atoms with van der Waals surface area (Å²) in [5, 5.41) is 10.5. The van der Waals surface area contributed by atoms with Gasteiger partial charge in [0.15, 0.2) is 5.82 Å². The Morgan fingerprint density at radius 3 is 2.69 bits per heavy atom. The highest BCUT2D eigenvalue weighted by atomic mass is 16.7. The Morgan fingerprint density at radius 2 is 1.90 bits per heavy atom. The summed E-state index contributed by atoms with van der Waals surface area (Å²) in [7, 11) is 7.64. The fraction of sp³-hybridized carbons (Fsp3) is 0.281. The van der Waals surface area contributed by atoms with E-state index in [4.69, 9.17) is 9.57 Å². The molecule has 1 saturated heterocycles. The van der Waals surface area contributed by atoms with Crippen LogP contribution in [-0.2, 0) is 9.63 Å². The molecule has 1 amide bonds. The SMILES string of the molecule is C=CC(=O)Nc1cc(Nc2cc(N3OCC[C@@H]3c3cccc4ccccc34)ncn2)c(OC)cc1N(C)CCN(C)C. The van der Waals surface area contributed by atoms with Gasteiger partial charge < -0.3 is 25.2 Å². The van der Waals surface area contributed by atoms with Gasteiger partial charge in [-0.25, -0.2) is 15.0 Å². The minimum atomic E-state index is -0.302. The van der Waals surface area contributed by atoms with Crippen LogP contribution < -0.4 is 25.3 Å². The summed E-state index contributed by atoms with van der Waals surface area (Å²) in [5.74, 6) is 1.50. The van der Waals surface area contributed by atoms with Crippen LogP contribution in [0.1, 0.15) is 18.0 Å². The zero-order valence-corrected chi connectivity index (χ0v) is 24.5. The Kier molecular flexibility index (Phi) is 8.85. The monoisotopic (exact) mass is 567 g/mol. The van der Waals surface area contributed by atoms with E-state index in [0.717, 1.165) is 25.2 Å². The molecule has 1 aliphatic heterocycles. The Bertz CT molecular complexity index is 1570. The summed E-state index contributed by atoms with van der Waals surface area (Å²) in [6, 6.07) is 20.3. The number of methoxy groups -OCH3 is 1. The van der Waals surface area contributed by atoms with Crippen LogP contribution in [0.15, 0.2) is 79.6 Å². The van der Waals surface area contributed by atoms with Crippen LogP contribution in [0.5, 0.6) is 5.75 Å². The summed E-state index contributed by atoms with van der Waals surface area (Å²) in [5.41, 5.74) is 3.27. The van der Waals surface area contributed by atoms with Crippen molar-refractivity contribution in [3.63, 3.8) is 0 Å². The molecule has 218 valence electrons. The second-order valence-corrected chi connectivity index (χ2v) is 10.4. The van der Waals surface area contributed by atoms with Crippen molar-refractivity contribution in [1.29, 1.82) is 0 Å². The number of hydroxylamine groups is 1. The fourth-order valence-corrected chi connectivity index (χ4v) is 5.10. The normalized spacial score (nSPS) is 14.7. The third kappa shape index (κ3) is 6.29. The summed E-state index contributed by atoms with van der Waals surface area (Å²) < 4.78 is 5.76. The van der Waals surface area contributed by atoms with Crippen molar-refractivity contribution in [1.82, 2.24) is 14.9 Å². The number of likely N-dealkylation sites (N-methyl/N-ethyl adjacent to an activating group) is 2. The number of fused-ring (bicyclic) bond motifs is 1. The molecule has 3 aromatic carbocycles. The van der Waals surface area contributed by atoms with E-state index >= 15 is 0 Å². The van der Waals surface area contributed by atoms with Gasteiger partial charge >= 0.3 is 0 Å². The third-order valence-corrected chi connectivity index (χ3v) is 7.28. The average Bonchev–Trinajstić information content (AvgIpc) is 3.50. The number of nitrogens with one attached hydrogen (secondary N) is 2.